The highest BCUT2D eigenvalue weighted by Gasteiger charge is 2.27. The monoisotopic (exact) mass is 257 g/mol. The van der Waals surface area contributed by atoms with Crippen LogP contribution >= 0.6 is 11.6 Å². The van der Waals surface area contributed by atoms with E-state index in [0.717, 1.165) is 12.6 Å². The van der Waals surface area contributed by atoms with Crippen LogP contribution in [0.25, 0.3) is 0 Å². The van der Waals surface area contributed by atoms with E-state index in [-0.39, 0.29) is 5.28 Å². The Morgan fingerprint density at radius 2 is 2.12 bits per heavy atom. The molecule has 1 aromatic rings. The van der Waals surface area contributed by atoms with Crippen molar-refractivity contribution < 1.29 is 4.39 Å². The minimum Gasteiger partial charge on any atom is -0.354 e. The quantitative estimate of drug-likeness (QED) is 0.762. The molecule has 0 amide bonds. The zero-order valence-corrected chi connectivity index (χ0v) is 10.9. The number of halogens is 2. The summed E-state index contributed by atoms with van der Waals surface area (Å²) in [6, 6.07) is 0.337. The molecule has 17 heavy (non-hydrogen) atoms. The standard InChI is InChI=1S/C12H17ClFN3/c1-8-5-3-4-6-10(8)17(2)11-9(14)7-15-12(13)16-11/h7-8,10H,3-6H2,1-2H3. The molecule has 0 spiro atoms. The van der Waals surface area contributed by atoms with Gasteiger partial charge in [-0.2, -0.15) is 4.98 Å². The zero-order valence-electron chi connectivity index (χ0n) is 10.2. The van der Waals surface area contributed by atoms with E-state index < -0.39 is 5.82 Å². The van der Waals surface area contributed by atoms with Crippen LogP contribution in [0.5, 0.6) is 0 Å². The van der Waals surface area contributed by atoms with Crippen LogP contribution in [-0.2, 0) is 0 Å². The van der Waals surface area contributed by atoms with Gasteiger partial charge in [-0.25, -0.2) is 9.37 Å². The number of rotatable bonds is 2. The van der Waals surface area contributed by atoms with E-state index in [1.54, 1.807) is 0 Å². The molecule has 0 bridgehead atoms. The fraction of sp³-hybridized carbons (Fsp3) is 0.667. The molecule has 1 aliphatic rings. The highest BCUT2D eigenvalue weighted by atomic mass is 35.5. The summed E-state index contributed by atoms with van der Waals surface area (Å²) in [4.78, 5) is 9.54. The Kier molecular flexibility index (Phi) is 3.82. The molecule has 1 aromatic heterocycles. The maximum Gasteiger partial charge on any atom is 0.224 e. The van der Waals surface area contributed by atoms with E-state index in [1.807, 2.05) is 11.9 Å². The number of hydrogen-bond donors (Lipinski definition) is 0. The minimum atomic E-state index is -0.408. The lowest BCUT2D eigenvalue weighted by molar-refractivity contribution is 0.319. The minimum absolute atomic E-state index is 0.0942. The molecule has 3 nitrogen and oxygen atoms in total. The maximum atomic E-state index is 13.7. The first-order valence-electron chi connectivity index (χ1n) is 6.00. The Morgan fingerprint density at radius 1 is 1.41 bits per heavy atom. The van der Waals surface area contributed by atoms with Crippen molar-refractivity contribution >= 4 is 17.4 Å². The third-order valence-corrected chi connectivity index (χ3v) is 3.78. The van der Waals surface area contributed by atoms with Crippen molar-refractivity contribution in [2.75, 3.05) is 11.9 Å². The van der Waals surface area contributed by atoms with Gasteiger partial charge in [0.25, 0.3) is 0 Å². The molecule has 1 aliphatic carbocycles. The predicted molar refractivity (Wildman–Crippen MR) is 66.8 cm³/mol. The third-order valence-electron chi connectivity index (χ3n) is 3.59. The Morgan fingerprint density at radius 3 is 2.82 bits per heavy atom. The molecule has 5 heteroatoms. The molecule has 0 aliphatic heterocycles. The molecule has 0 aromatic carbocycles. The Hall–Kier alpha value is -0.900. The second-order valence-electron chi connectivity index (χ2n) is 4.75. The van der Waals surface area contributed by atoms with E-state index in [9.17, 15) is 4.39 Å². The smallest absolute Gasteiger partial charge is 0.224 e. The first-order chi connectivity index (χ1) is 8.09. The lowest BCUT2D eigenvalue weighted by atomic mass is 9.85. The first-order valence-corrected chi connectivity index (χ1v) is 6.38. The van der Waals surface area contributed by atoms with E-state index >= 15 is 0 Å². The Bertz CT molecular complexity index is 399. The largest absolute Gasteiger partial charge is 0.354 e. The topological polar surface area (TPSA) is 29.0 Å². The van der Waals surface area contributed by atoms with Gasteiger partial charge in [-0.1, -0.05) is 19.8 Å². The fourth-order valence-electron chi connectivity index (χ4n) is 2.61. The van der Waals surface area contributed by atoms with E-state index in [0.29, 0.717) is 17.8 Å². The van der Waals surface area contributed by atoms with Gasteiger partial charge < -0.3 is 4.90 Å². The molecule has 1 fully saturated rings. The summed E-state index contributed by atoms with van der Waals surface area (Å²) >= 11 is 5.72. The van der Waals surface area contributed by atoms with Crippen LogP contribution in [0.15, 0.2) is 6.20 Å². The van der Waals surface area contributed by atoms with Gasteiger partial charge in [0.15, 0.2) is 11.6 Å². The van der Waals surface area contributed by atoms with Crippen molar-refractivity contribution in [3.63, 3.8) is 0 Å². The molecule has 1 heterocycles. The van der Waals surface area contributed by atoms with Gasteiger partial charge >= 0.3 is 0 Å². The Labute approximate surface area is 106 Å². The average Bonchev–Trinajstić information content (AvgIpc) is 2.32. The lowest BCUT2D eigenvalue weighted by Crippen LogP contribution is -2.40. The van der Waals surface area contributed by atoms with Crippen molar-refractivity contribution in [2.45, 2.75) is 38.6 Å². The predicted octanol–water partition coefficient (Wildman–Crippen LogP) is 3.28. The van der Waals surface area contributed by atoms with E-state index in [1.165, 1.54) is 19.3 Å². The SMILES string of the molecule is CC1CCCCC1N(C)c1nc(Cl)ncc1F. The third kappa shape index (κ3) is 2.68. The van der Waals surface area contributed by atoms with Crippen molar-refractivity contribution in [1.82, 2.24) is 9.97 Å². The summed E-state index contributed by atoms with van der Waals surface area (Å²) < 4.78 is 13.7. The van der Waals surface area contributed by atoms with E-state index in [2.05, 4.69) is 16.9 Å². The maximum absolute atomic E-state index is 13.7. The summed E-state index contributed by atoms with van der Waals surface area (Å²) in [5.41, 5.74) is 0. The molecule has 0 N–H and O–H groups in total. The van der Waals surface area contributed by atoms with Crippen LogP contribution < -0.4 is 4.90 Å². The average molecular weight is 258 g/mol. The van der Waals surface area contributed by atoms with Gasteiger partial charge in [-0.3, -0.25) is 0 Å². The van der Waals surface area contributed by atoms with Crippen molar-refractivity contribution in [3.05, 3.63) is 17.3 Å². The van der Waals surface area contributed by atoms with Gasteiger partial charge in [-0.05, 0) is 30.4 Å². The molecule has 2 unspecified atom stereocenters. The molecule has 2 atom stereocenters. The van der Waals surface area contributed by atoms with Gasteiger partial charge in [0.2, 0.25) is 5.28 Å². The van der Waals surface area contributed by atoms with Crippen molar-refractivity contribution in [3.8, 4) is 0 Å². The van der Waals surface area contributed by atoms with Crippen LogP contribution in [-0.4, -0.2) is 23.1 Å². The molecule has 2 rings (SSSR count). The van der Waals surface area contributed by atoms with Gasteiger partial charge in [0, 0.05) is 13.1 Å². The van der Waals surface area contributed by atoms with Gasteiger partial charge in [0.05, 0.1) is 6.20 Å². The number of hydrogen-bond acceptors (Lipinski definition) is 3. The zero-order chi connectivity index (χ0) is 12.4. The summed E-state index contributed by atoms with van der Waals surface area (Å²) in [7, 11) is 1.88. The van der Waals surface area contributed by atoms with Crippen LogP contribution in [0.4, 0.5) is 10.2 Å². The molecule has 1 saturated carbocycles. The number of anilines is 1. The molecule has 0 saturated heterocycles. The number of nitrogens with zero attached hydrogens (tertiary/aromatic N) is 3. The highest BCUT2D eigenvalue weighted by Crippen LogP contribution is 2.30. The van der Waals surface area contributed by atoms with Crippen LogP contribution in [0.1, 0.15) is 32.6 Å². The second-order valence-corrected chi connectivity index (χ2v) is 5.09. The normalized spacial score (nSPS) is 24.7. The molecule has 94 valence electrons. The summed E-state index contributed by atoms with van der Waals surface area (Å²) in [5.74, 6) is 0.459. The highest BCUT2D eigenvalue weighted by molar-refractivity contribution is 6.28. The van der Waals surface area contributed by atoms with Crippen molar-refractivity contribution in [2.24, 2.45) is 5.92 Å². The van der Waals surface area contributed by atoms with Crippen LogP contribution in [0, 0.1) is 11.7 Å². The first kappa shape index (κ1) is 12.6. The molecule has 0 radical (unpaired) electrons. The second kappa shape index (κ2) is 5.17. The summed E-state index contributed by atoms with van der Waals surface area (Å²) in [5, 5.41) is 0.0942. The fourth-order valence-corrected chi connectivity index (χ4v) is 2.74. The van der Waals surface area contributed by atoms with Crippen LogP contribution in [0.2, 0.25) is 5.28 Å². The molecular formula is C12H17ClFN3. The molecular weight excluding hydrogens is 241 g/mol. The van der Waals surface area contributed by atoms with Gasteiger partial charge in [-0.15, -0.1) is 0 Å². The number of aromatic nitrogens is 2. The summed E-state index contributed by atoms with van der Waals surface area (Å²) in [6.45, 7) is 2.21. The summed E-state index contributed by atoms with van der Waals surface area (Å²) in [6.07, 6.45) is 5.86. The Balaban J connectivity index is 2.23. The van der Waals surface area contributed by atoms with Gasteiger partial charge in [0.1, 0.15) is 0 Å². The van der Waals surface area contributed by atoms with Crippen LogP contribution in [0.3, 0.4) is 0 Å². The van der Waals surface area contributed by atoms with Crippen molar-refractivity contribution in [1.29, 1.82) is 0 Å². The lowest BCUT2D eigenvalue weighted by Gasteiger charge is -2.36. The van der Waals surface area contributed by atoms with E-state index in [4.69, 9.17) is 11.6 Å².